The SMILES string of the molecule is CCc1ccc2c(c1)C(C)(C)C1(C=Cc3ccc(N(C)C)cc3)NC(=O)CN21. The van der Waals surface area contributed by atoms with E-state index in [-0.39, 0.29) is 11.3 Å². The molecule has 0 aliphatic carbocycles. The number of nitrogens with zero attached hydrogens (tertiary/aromatic N) is 2. The number of hydrogen-bond acceptors (Lipinski definition) is 3. The molecule has 0 bridgehead atoms. The minimum absolute atomic E-state index is 0.0749. The Morgan fingerprint density at radius 3 is 2.50 bits per heavy atom. The van der Waals surface area contributed by atoms with Crippen LogP contribution in [0.4, 0.5) is 11.4 Å². The normalized spacial score (nSPS) is 22.3. The zero-order valence-electron chi connectivity index (χ0n) is 17.4. The van der Waals surface area contributed by atoms with Crippen LogP contribution in [0.2, 0.25) is 0 Å². The van der Waals surface area contributed by atoms with Gasteiger partial charge in [-0.15, -0.1) is 0 Å². The van der Waals surface area contributed by atoms with Crippen LogP contribution >= 0.6 is 0 Å². The van der Waals surface area contributed by atoms with Gasteiger partial charge in [0.05, 0.1) is 6.54 Å². The number of aryl methyl sites for hydroxylation is 1. The zero-order chi connectivity index (χ0) is 20.1. The van der Waals surface area contributed by atoms with E-state index in [1.54, 1.807) is 0 Å². The van der Waals surface area contributed by atoms with Crippen molar-refractivity contribution in [2.45, 2.75) is 38.3 Å². The van der Waals surface area contributed by atoms with Crippen LogP contribution in [0.5, 0.6) is 0 Å². The van der Waals surface area contributed by atoms with Crippen molar-refractivity contribution in [1.29, 1.82) is 0 Å². The third-order valence-corrected chi connectivity index (χ3v) is 6.37. The molecule has 2 aromatic rings. The molecule has 2 aliphatic rings. The molecule has 1 amide bonds. The Kier molecular flexibility index (Phi) is 4.25. The molecule has 0 aromatic heterocycles. The Morgan fingerprint density at radius 1 is 1.14 bits per heavy atom. The maximum atomic E-state index is 12.4. The maximum absolute atomic E-state index is 12.4. The van der Waals surface area contributed by atoms with Gasteiger partial charge in [0.15, 0.2) is 0 Å². The summed E-state index contributed by atoms with van der Waals surface area (Å²) >= 11 is 0. The summed E-state index contributed by atoms with van der Waals surface area (Å²) in [6.45, 7) is 7.04. The van der Waals surface area contributed by atoms with E-state index in [0.29, 0.717) is 6.54 Å². The van der Waals surface area contributed by atoms with Crippen LogP contribution in [-0.4, -0.2) is 32.2 Å². The zero-order valence-corrected chi connectivity index (χ0v) is 17.4. The Labute approximate surface area is 167 Å². The van der Waals surface area contributed by atoms with Gasteiger partial charge in [0, 0.05) is 30.9 Å². The second-order valence-corrected chi connectivity index (χ2v) is 8.55. The van der Waals surface area contributed by atoms with Crippen LogP contribution in [-0.2, 0) is 16.6 Å². The fraction of sp³-hybridized carbons (Fsp3) is 0.375. The molecule has 2 heterocycles. The summed E-state index contributed by atoms with van der Waals surface area (Å²) in [5, 5.41) is 3.30. The fourth-order valence-corrected chi connectivity index (χ4v) is 4.54. The first-order chi connectivity index (χ1) is 13.3. The summed E-state index contributed by atoms with van der Waals surface area (Å²) in [7, 11) is 4.08. The Morgan fingerprint density at radius 2 is 1.86 bits per heavy atom. The first kappa shape index (κ1) is 18.6. The average molecular weight is 376 g/mol. The molecule has 4 heteroatoms. The lowest BCUT2D eigenvalue weighted by molar-refractivity contribution is -0.118. The Bertz CT molecular complexity index is 943. The van der Waals surface area contributed by atoms with E-state index in [4.69, 9.17) is 0 Å². The highest BCUT2D eigenvalue weighted by molar-refractivity contribution is 5.91. The maximum Gasteiger partial charge on any atom is 0.241 e. The molecule has 2 aliphatic heterocycles. The largest absolute Gasteiger partial charge is 0.378 e. The van der Waals surface area contributed by atoms with Crippen molar-refractivity contribution in [3.05, 3.63) is 65.2 Å². The van der Waals surface area contributed by atoms with E-state index in [9.17, 15) is 4.79 Å². The van der Waals surface area contributed by atoms with E-state index in [1.165, 1.54) is 16.8 Å². The predicted molar refractivity (Wildman–Crippen MR) is 117 cm³/mol. The number of hydrogen-bond donors (Lipinski definition) is 1. The molecule has 4 rings (SSSR count). The molecule has 1 atom stereocenters. The smallest absolute Gasteiger partial charge is 0.241 e. The van der Waals surface area contributed by atoms with E-state index in [1.807, 2.05) is 14.1 Å². The summed E-state index contributed by atoms with van der Waals surface area (Å²) in [6, 6.07) is 15.1. The number of nitrogens with one attached hydrogen (secondary N) is 1. The number of carbonyl (C=O) groups is 1. The molecule has 1 N–H and O–H groups in total. The van der Waals surface area contributed by atoms with Gasteiger partial charge in [0.1, 0.15) is 5.66 Å². The Hall–Kier alpha value is -2.75. The van der Waals surface area contributed by atoms with E-state index >= 15 is 0 Å². The van der Waals surface area contributed by atoms with Crippen molar-refractivity contribution in [3.63, 3.8) is 0 Å². The molecule has 1 fully saturated rings. The summed E-state index contributed by atoms with van der Waals surface area (Å²) < 4.78 is 0. The summed E-state index contributed by atoms with van der Waals surface area (Å²) in [4.78, 5) is 16.7. The minimum Gasteiger partial charge on any atom is -0.378 e. The van der Waals surface area contributed by atoms with Crippen molar-refractivity contribution in [2.24, 2.45) is 0 Å². The molecule has 0 radical (unpaired) electrons. The highest BCUT2D eigenvalue weighted by Crippen LogP contribution is 2.53. The number of fused-ring (bicyclic) bond motifs is 3. The lowest BCUT2D eigenvalue weighted by atomic mass is 9.75. The van der Waals surface area contributed by atoms with Crippen molar-refractivity contribution >= 4 is 23.4 Å². The van der Waals surface area contributed by atoms with Gasteiger partial charge in [0.25, 0.3) is 0 Å². The second kappa shape index (κ2) is 6.40. The molecule has 1 saturated heterocycles. The van der Waals surface area contributed by atoms with Gasteiger partial charge in [0.2, 0.25) is 5.91 Å². The first-order valence-corrected chi connectivity index (χ1v) is 9.97. The molecule has 2 aromatic carbocycles. The van der Waals surface area contributed by atoms with Crippen LogP contribution in [0.15, 0.2) is 48.5 Å². The molecular formula is C24H29N3O. The molecular weight excluding hydrogens is 346 g/mol. The standard InChI is InChI=1S/C24H29N3O/c1-6-17-9-12-21-20(15-17)23(2,3)24(25-22(28)16-27(21)24)14-13-18-7-10-19(11-8-18)26(4)5/h7-15H,6,16H2,1-5H3,(H,25,28). The lowest BCUT2D eigenvalue weighted by Gasteiger charge is -2.40. The van der Waals surface area contributed by atoms with Crippen LogP contribution in [0.1, 0.15) is 37.5 Å². The first-order valence-electron chi connectivity index (χ1n) is 9.97. The molecule has 4 nitrogen and oxygen atoms in total. The number of carbonyl (C=O) groups excluding carboxylic acids is 1. The quantitative estimate of drug-likeness (QED) is 0.879. The van der Waals surface area contributed by atoms with Crippen molar-refractivity contribution in [3.8, 4) is 0 Å². The highest BCUT2D eigenvalue weighted by atomic mass is 16.2. The van der Waals surface area contributed by atoms with E-state index in [2.05, 4.69) is 90.5 Å². The molecule has 1 unspecified atom stereocenters. The van der Waals surface area contributed by atoms with Gasteiger partial charge in [-0.05, 0) is 47.4 Å². The van der Waals surface area contributed by atoms with Crippen molar-refractivity contribution in [2.75, 3.05) is 30.4 Å². The molecule has 28 heavy (non-hydrogen) atoms. The molecule has 146 valence electrons. The summed E-state index contributed by atoms with van der Waals surface area (Å²) in [6.07, 6.45) is 5.32. The number of rotatable bonds is 4. The molecule has 0 spiro atoms. The van der Waals surface area contributed by atoms with Gasteiger partial charge in [-0.1, -0.05) is 51.1 Å². The summed E-state index contributed by atoms with van der Waals surface area (Å²) in [5.74, 6) is 0.0749. The van der Waals surface area contributed by atoms with Gasteiger partial charge in [-0.2, -0.15) is 0 Å². The number of amides is 1. The number of benzene rings is 2. The fourth-order valence-electron chi connectivity index (χ4n) is 4.54. The van der Waals surface area contributed by atoms with Crippen molar-refractivity contribution in [1.82, 2.24) is 5.32 Å². The Balaban J connectivity index is 1.76. The highest BCUT2D eigenvalue weighted by Gasteiger charge is 2.59. The van der Waals surface area contributed by atoms with Gasteiger partial charge in [-0.3, -0.25) is 4.79 Å². The summed E-state index contributed by atoms with van der Waals surface area (Å²) in [5.41, 5.74) is 5.32. The number of anilines is 2. The van der Waals surface area contributed by atoms with Crippen LogP contribution < -0.4 is 15.1 Å². The third kappa shape index (κ3) is 2.62. The monoisotopic (exact) mass is 375 g/mol. The van der Waals surface area contributed by atoms with E-state index < -0.39 is 5.66 Å². The topological polar surface area (TPSA) is 35.6 Å². The van der Waals surface area contributed by atoms with Crippen LogP contribution in [0.3, 0.4) is 0 Å². The lowest BCUT2D eigenvalue weighted by Crippen LogP contribution is -2.58. The van der Waals surface area contributed by atoms with E-state index in [0.717, 1.165) is 17.7 Å². The van der Waals surface area contributed by atoms with Crippen molar-refractivity contribution < 1.29 is 4.79 Å². The average Bonchev–Trinajstić information content (AvgIpc) is 3.11. The van der Waals surface area contributed by atoms with Crippen LogP contribution in [0, 0.1) is 0 Å². The van der Waals surface area contributed by atoms with Crippen LogP contribution in [0.25, 0.3) is 6.08 Å². The van der Waals surface area contributed by atoms with Gasteiger partial charge >= 0.3 is 0 Å². The second-order valence-electron chi connectivity index (χ2n) is 8.55. The predicted octanol–water partition coefficient (Wildman–Crippen LogP) is 3.95. The molecule has 0 saturated carbocycles. The van der Waals surface area contributed by atoms with Gasteiger partial charge in [-0.25, -0.2) is 0 Å². The minimum atomic E-state index is -0.543. The van der Waals surface area contributed by atoms with Gasteiger partial charge < -0.3 is 15.1 Å². The third-order valence-electron chi connectivity index (χ3n) is 6.37.